The summed E-state index contributed by atoms with van der Waals surface area (Å²) in [6.45, 7) is 2.08. The minimum atomic E-state index is -0.479. The first kappa shape index (κ1) is 12.9. The van der Waals surface area contributed by atoms with Crippen molar-refractivity contribution in [3.05, 3.63) is 63.6 Å². The van der Waals surface area contributed by atoms with Crippen LogP contribution in [0.25, 0.3) is 0 Å². The lowest BCUT2D eigenvalue weighted by Gasteiger charge is -2.06. The highest BCUT2D eigenvalue weighted by Gasteiger charge is 2.14. The molecule has 0 saturated heterocycles. The number of hydrogen-bond acceptors (Lipinski definition) is 4. The van der Waals surface area contributed by atoms with Gasteiger partial charge in [-0.05, 0) is 30.2 Å². The molecule has 5 nitrogen and oxygen atoms in total. The molecule has 0 spiro atoms. The van der Waals surface area contributed by atoms with E-state index in [9.17, 15) is 14.5 Å². The first-order chi connectivity index (χ1) is 9.06. The van der Waals surface area contributed by atoms with E-state index >= 15 is 0 Å². The second kappa shape index (κ2) is 5.43. The van der Waals surface area contributed by atoms with Gasteiger partial charge in [0.1, 0.15) is 5.82 Å². The molecule has 1 aromatic heterocycles. The number of pyridine rings is 1. The fraction of sp³-hybridized carbons (Fsp3) is 0.154. The van der Waals surface area contributed by atoms with E-state index in [1.54, 1.807) is 25.3 Å². The quantitative estimate of drug-likeness (QED) is 0.678. The van der Waals surface area contributed by atoms with Gasteiger partial charge in [-0.15, -0.1) is 0 Å². The number of aromatic nitrogens is 1. The summed E-state index contributed by atoms with van der Waals surface area (Å²) in [5.41, 5.74) is 1.47. The van der Waals surface area contributed by atoms with Crippen molar-refractivity contribution in [2.45, 2.75) is 13.5 Å². The zero-order valence-corrected chi connectivity index (χ0v) is 10.3. The molecule has 0 aliphatic heterocycles. The highest BCUT2D eigenvalue weighted by molar-refractivity contribution is 5.56. The first-order valence-corrected chi connectivity index (χ1v) is 5.65. The number of benzene rings is 1. The Morgan fingerprint density at radius 3 is 2.68 bits per heavy atom. The van der Waals surface area contributed by atoms with E-state index in [4.69, 9.17) is 0 Å². The lowest BCUT2D eigenvalue weighted by molar-refractivity contribution is -0.384. The molecule has 0 aliphatic rings. The van der Waals surface area contributed by atoms with Gasteiger partial charge in [0.2, 0.25) is 5.82 Å². The van der Waals surface area contributed by atoms with Crippen LogP contribution in [0.15, 0.2) is 36.5 Å². The maximum absolute atomic E-state index is 12.7. The van der Waals surface area contributed by atoms with Crippen LogP contribution in [-0.4, -0.2) is 9.91 Å². The molecule has 0 atom stereocenters. The Bertz CT molecular complexity index is 599. The predicted octanol–water partition coefficient (Wildman–Crippen LogP) is 3.05. The van der Waals surface area contributed by atoms with E-state index in [2.05, 4.69) is 10.3 Å². The van der Waals surface area contributed by atoms with E-state index in [1.807, 2.05) is 0 Å². The Morgan fingerprint density at radius 1 is 1.37 bits per heavy atom. The molecule has 1 N–H and O–H groups in total. The number of aryl methyl sites for hydroxylation is 1. The minimum Gasteiger partial charge on any atom is -0.360 e. The third-order valence-corrected chi connectivity index (χ3v) is 2.57. The molecule has 0 unspecified atom stereocenters. The molecule has 19 heavy (non-hydrogen) atoms. The zero-order valence-electron chi connectivity index (χ0n) is 10.3. The molecule has 0 radical (unpaired) electrons. The number of hydrogen-bond donors (Lipinski definition) is 1. The van der Waals surface area contributed by atoms with E-state index in [0.29, 0.717) is 6.54 Å². The van der Waals surface area contributed by atoms with E-state index < -0.39 is 4.92 Å². The molecule has 0 saturated carbocycles. The predicted molar refractivity (Wildman–Crippen MR) is 69.4 cm³/mol. The molecular formula is C13H12FN3O2. The van der Waals surface area contributed by atoms with Crippen LogP contribution >= 0.6 is 0 Å². The van der Waals surface area contributed by atoms with Crippen LogP contribution in [-0.2, 0) is 6.54 Å². The van der Waals surface area contributed by atoms with Gasteiger partial charge in [-0.2, -0.15) is 0 Å². The van der Waals surface area contributed by atoms with Crippen LogP contribution in [0.1, 0.15) is 11.1 Å². The van der Waals surface area contributed by atoms with Crippen molar-refractivity contribution >= 4 is 11.5 Å². The zero-order chi connectivity index (χ0) is 13.8. The van der Waals surface area contributed by atoms with Gasteiger partial charge in [-0.25, -0.2) is 9.37 Å². The van der Waals surface area contributed by atoms with Gasteiger partial charge in [0.15, 0.2) is 0 Å². The lowest BCUT2D eigenvalue weighted by atomic mass is 10.2. The molecular weight excluding hydrogens is 249 g/mol. The Hall–Kier alpha value is -2.50. The van der Waals surface area contributed by atoms with E-state index in [0.717, 1.165) is 11.1 Å². The maximum Gasteiger partial charge on any atom is 0.311 e. The standard InChI is InChI=1S/C13H12FN3O2/c1-9-6-12(17(18)19)13(15-7-9)16-8-10-2-4-11(14)5-3-10/h2-7H,8H2,1H3,(H,15,16). The fourth-order valence-corrected chi connectivity index (χ4v) is 1.62. The van der Waals surface area contributed by atoms with Crippen molar-refractivity contribution in [3.63, 3.8) is 0 Å². The van der Waals surface area contributed by atoms with Gasteiger partial charge >= 0.3 is 5.69 Å². The Kier molecular flexibility index (Phi) is 3.70. The number of anilines is 1. The average Bonchev–Trinajstić information content (AvgIpc) is 2.39. The lowest BCUT2D eigenvalue weighted by Crippen LogP contribution is -2.05. The van der Waals surface area contributed by atoms with E-state index in [1.165, 1.54) is 18.2 Å². The molecule has 98 valence electrons. The molecule has 1 aromatic carbocycles. The molecule has 6 heteroatoms. The Morgan fingerprint density at radius 2 is 2.05 bits per heavy atom. The summed E-state index contributed by atoms with van der Waals surface area (Å²) in [6.07, 6.45) is 1.56. The summed E-state index contributed by atoms with van der Waals surface area (Å²) in [4.78, 5) is 14.4. The van der Waals surface area contributed by atoms with Crippen LogP contribution in [0.4, 0.5) is 15.9 Å². The summed E-state index contributed by atoms with van der Waals surface area (Å²) in [7, 11) is 0. The topological polar surface area (TPSA) is 68.1 Å². The SMILES string of the molecule is Cc1cnc(NCc2ccc(F)cc2)c([N+](=O)[O-])c1. The smallest absolute Gasteiger partial charge is 0.311 e. The van der Waals surface area contributed by atoms with Gasteiger partial charge in [-0.1, -0.05) is 12.1 Å². The highest BCUT2D eigenvalue weighted by atomic mass is 19.1. The Labute approximate surface area is 109 Å². The third kappa shape index (κ3) is 3.25. The summed E-state index contributed by atoms with van der Waals surface area (Å²) in [6, 6.07) is 7.37. The normalized spacial score (nSPS) is 10.2. The van der Waals surface area contributed by atoms with Crippen molar-refractivity contribution in [3.8, 4) is 0 Å². The monoisotopic (exact) mass is 261 g/mol. The largest absolute Gasteiger partial charge is 0.360 e. The highest BCUT2D eigenvalue weighted by Crippen LogP contribution is 2.22. The van der Waals surface area contributed by atoms with Crippen molar-refractivity contribution in [1.29, 1.82) is 0 Å². The number of rotatable bonds is 4. The Balaban J connectivity index is 2.15. The maximum atomic E-state index is 12.7. The molecule has 0 aliphatic carbocycles. The van der Waals surface area contributed by atoms with Gasteiger partial charge in [-0.3, -0.25) is 10.1 Å². The molecule has 0 bridgehead atoms. The molecule has 1 heterocycles. The second-order valence-corrected chi connectivity index (χ2v) is 4.12. The summed E-state index contributed by atoms with van der Waals surface area (Å²) < 4.78 is 12.7. The van der Waals surface area contributed by atoms with Gasteiger partial charge in [0.25, 0.3) is 0 Å². The molecule has 2 rings (SSSR count). The van der Waals surface area contributed by atoms with Crippen molar-refractivity contribution in [1.82, 2.24) is 4.98 Å². The van der Waals surface area contributed by atoms with Gasteiger partial charge < -0.3 is 5.32 Å². The number of nitro groups is 1. The van der Waals surface area contributed by atoms with Crippen molar-refractivity contribution < 1.29 is 9.31 Å². The van der Waals surface area contributed by atoms with Crippen LogP contribution in [0.3, 0.4) is 0 Å². The van der Waals surface area contributed by atoms with Crippen LogP contribution in [0.5, 0.6) is 0 Å². The molecule has 0 fully saturated rings. The molecule has 2 aromatic rings. The summed E-state index contributed by atoms with van der Waals surface area (Å²) in [5, 5.41) is 13.8. The number of nitrogens with one attached hydrogen (secondary N) is 1. The average molecular weight is 261 g/mol. The van der Waals surface area contributed by atoms with Gasteiger partial charge in [0, 0.05) is 18.8 Å². The molecule has 0 amide bonds. The van der Waals surface area contributed by atoms with Crippen LogP contribution in [0, 0.1) is 22.9 Å². The fourth-order valence-electron chi connectivity index (χ4n) is 1.62. The third-order valence-electron chi connectivity index (χ3n) is 2.57. The van der Waals surface area contributed by atoms with Gasteiger partial charge in [0.05, 0.1) is 4.92 Å². The minimum absolute atomic E-state index is 0.0675. The number of nitrogens with zero attached hydrogens (tertiary/aromatic N) is 2. The van der Waals surface area contributed by atoms with Crippen molar-refractivity contribution in [2.75, 3.05) is 5.32 Å². The summed E-state index contributed by atoms with van der Waals surface area (Å²) >= 11 is 0. The summed E-state index contributed by atoms with van der Waals surface area (Å²) in [5.74, 6) is -0.108. The van der Waals surface area contributed by atoms with E-state index in [-0.39, 0.29) is 17.3 Å². The first-order valence-electron chi connectivity index (χ1n) is 5.65. The second-order valence-electron chi connectivity index (χ2n) is 4.12. The number of halogens is 1. The van der Waals surface area contributed by atoms with Crippen LogP contribution in [0.2, 0.25) is 0 Å². The van der Waals surface area contributed by atoms with Crippen LogP contribution < -0.4 is 5.32 Å². The van der Waals surface area contributed by atoms with Crippen molar-refractivity contribution in [2.24, 2.45) is 0 Å².